The lowest BCUT2D eigenvalue weighted by Gasteiger charge is -2.22. The van der Waals surface area contributed by atoms with Gasteiger partial charge >= 0.3 is 0 Å². The number of rotatable bonds is 2. The largest absolute Gasteiger partial charge is 0.439 e. The summed E-state index contributed by atoms with van der Waals surface area (Å²) in [6.07, 6.45) is 1.59. The molecule has 3 nitrogen and oxygen atoms in total. The fraction of sp³-hybridized carbons (Fsp3) is 0.267. The van der Waals surface area contributed by atoms with Crippen LogP contribution in [0.15, 0.2) is 42.6 Å². The average Bonchev–Trinajstić information content (AvgIpc) is 2.31. The van der Waals surface area contributed by atoms with Crippen molar-refractivity contribution in [2.24, 2.45) is 0 Å². The molecule has 0 bridgehead atoms. The Balaban J connectivity index is 2.32. The van der Waals surface area contributed by atoms with E-state index < -0.39 is 0 Å². The van der Waals surface area contributed by atoms with Crippen LogP contribution < -0.4 is 10.5 Å². The van der Waals surface area contributed by atoms with E-state index in [2.05, 4.69) is 31.8 Å². The highest BCUT2D eigenvalue weighted by Crippen LogP contribution is 2.33. The van der Waals surface area contributed by atoms with Crippen LogP contribution in [0.3, 0.4) is 0 Å². The van der Waals surface area contributed by atoms with Gasteiger partial charge in [-0.1, -0.05) is 39.0 Å². The highest BCUT2D eigenvalue weighted by molar-refractivity contribution is 5.42. The predicted octanol–water partition coefficient (Wildman–Crippen LogP) is 3.75. The maximum Gasteiger partial charge on any atom is 0.219 e. The molecule has 2 aromatic rings. The number of pyridine rings is 1. The summed E-state index contributed by atoms with van der Waals surface area (Å²) in [5.74, 6) is 1.39. The van der Waals surface area contributed by atoms with Crippen LogP contribution >= 0.6 is 0 Å². The molecule has 2 N–H and O–H groups in total. The first-order valence-corrected chi connectivity index (χ1v) is 5.96. The number of benzene rings is 1. The van der Waals surface area contributed by atoms with Gasteiger partial charge in [0.1, 0.15) is 5.75 Å². The molecule has 1 heterocycles. The Kier molecular flexibility index (Phi) is 3.24. The Morgan fingerprint density at radius 3 is 2.39 bits per heavy atom. The van der Waals surface area contributed by atoms with Crippen LogP contribution in [0.2, 0.25) is 0 Å². The fourth-order valence-corrected chi connectivity index (χ4v) is 1.74. The number of aromatic nitrogens is 1. The molecule has 2 rings (SSSR count). The average molecular weight is 242 g/mol. The summed E-state index contributed by atoms with van der Waals surface area (Å²) in [4.78, 5) is 4.15. The van der Waals surface area contributed by atoms with E-state index in [1.54, 1.807) is 18.3 Å². The first kappa shape index (κ1) is 12.4. The van der Waals surface area contributed by atoms with Crippen molar-refractivity contribution >= 4 is 5.69 Å². The second-order valence-electron chi connectivity index (χ2n) is 5.28. The summed E-state index contributed by atoms with van der Waals surface area (Å²) >= 11 is 0. The SMILES string of the molecule is CC(C)(C)c1ccccc1Oc1ccc(N)cn1. The van der Waals surface area contributed by atoms with Crippen molar-refractivity contribution in [3.05, 3.63) is 48.2 Å². The topological polar surface area (TPSA) is 48.1 Å². The third kappa shape index (κ3) is 2.80. The zero-order chi connectivity index (χ0) is 13.2. The van der Waals surface area contributed by atoms with E-state index in [0.717, 1.165) is 11.3 Å². The molecule has 3 heteroatoms. The summed E-state index contributed by atoms with van der Waals surface area (Å²) in [7, 11) is 0. The molecule has 0 fully saturated rings. The Labute approximate surface area is 108 Å². The van der Waals surface area contributed by atoms with Gasteiger partial charge in [0.05, 0.1) is 11.9 Å². The smallest absolute Gasteiger partial charge is 0.219 e. The standard InChI is InChI=1S/C15H18N2O/c1-15(2,3)12-6-4-5-7-13(12)18-14-9-8-11(16)10-17-14/h4-10H,16H2,1-3H3. The number of para-hydroxylation sites is 1. The molecule has 0 radical (unpaired) electrons. The first-order chi connectivity index (χ1) is 8.47. The van der Waals surface area contributed by atoms with E-state index in [1.807, 2.05) is 18.2 Å². The highest BCUT2D eigenvalue weighted by Gasteiger charge is 2.18. The van der Waals surface area contributed by atoms with Gasteiger partial charge in [0, 0.05) is 11.6 Å². The lowest BCUT2D eigenvalue weighted by atomic mass is 9.86. The lowest BCUT2D eigenvalue weighted by Crippen LogP contribution is -2.12. The van der Waals surface area contributed by atoms with Crippen molar-refractivity contribution in [3.63, 3.8) is 0 Å². The molecule has 0 saturated carbocycles. The number of nitrogen functional groups attached to an aromatic ring is 1. The van der Waals surface area contributed by atoms with Crippen molar-refractivity contribution in [3.8, 4) is 11.6 Å². The Bertz CT molecular complexity index is 527. The lowest BCUT2D eigenvalue weighted by molar-refractivity contribution is 0.440. The Hall–Kier alpha value is -2.03. The molecule has 0 spiro atoms. The third-order valence-electron chi connectivity index (χ3n) is 2.67. The normalized spacial score (nSPS) is 11.3. The number of nitrogens with two attached hydrogens (primary N) is 1. The van der Waals surface area contributed by atoms with Gasteiger partial charge in [0.2, 0.25) is 5.88 Å². The van der Waals surface area contributed by atoms with Gasteiger partial charge in [-0.3, -0.25) is 0 Å². The van der Waals surface area contributed by atoms with E-state index >= 15 is 0 Å². The van der Waals surface area contributed by atoms with Crippen LogP contribution in [0, 0.1) is 0 Å². The summed E-state index contributed by atoms with van der Waals surface area (Å²) in [6, 6.07) is 11.6. The molecule has 1 aromatic heterocycles. The van der Waals surface area contributed by atoms with E-state index in [9.17, 15) is 0 Å². The van der Waals surface area contributed by atoms with Crippen molar-refractivity contribution in [2.75, 3.05) is 5.73 Å². The van der Waals surface area contributed by atoms with E-state index in [4.69, 9.17) is 10.5 Å². The molecule has 18 heavy (non-hydrogen) atoms. The summed E-state index contributed by atoms with van der Waals surface area (Å²) in [6.45, 7) is 6.48. The Morgan fingerprint density at radius 1 is 1.06 bits per heavy atom. The van der Waals surface area contributed by atoms with Crippen molar-refractivity contribution < 1.29 is 4.74 Å². The van der Waals surface area contributed by atoms with Crippen molar-refractivity contribution in [1.29, 1.82) is 0 Å². The molecule has 0 amide bonds. The molecule has 94 valence electrons. The first-order valence-electron chi connectivity index (χ1n) is 5.96. The minimum absolute atomic E-state index is 0.0321. The summed E-state index contributed by atoms with van der Waals surface area (Å²) < 4.78 is 5.82. The van der Waals surface area contributed by atoms with Gasteiger partial charge in [-0.15, -0.1) is 0 Å². The van der Waals surface area contributed by atoms with Crippen LogP contribution in [0.25, 0.3) is 0 Å². The number of nitrogens with zero attached hydrogens (tertiary/aromatic N) is 1. The minimum Gasteiger partial charge on any atom is -0.439 e. The number of hydrogen-bond acceptors (Lipinski definition) is 3. The predicted molar refractivity (Wildman–Crippen MR) is 73.9 cm³/mol. The van der Waals surface area contributed by atoms with E-state index in [-0.39, 0.29) is 5.41 Å². The molecule has 0 aliphatic heterocycles. The van der Waals surface area contributed by atoms with Crippen LogP contribution in [0.5, 0.6) is 11.6 Å². The monoisotopic (exact) mass is 242 g/mol. The van der Waals surface area contributed by atoms with Crippen LogP contribution in [0.4, 0.5) is 5.69 Å². The van der Waals surface area contributed by atoms with E-state index in [1.165, 1.54) is 0 Å². The van der Waals surface area contributed by atoms with Gasteiger partial charge in [-0.2, -0.15) is 0 Å². The van der Waals surface area contributed by atoms with Crippen LogP contribution in [-0.4, -0.2) is 4.98 Å². The molecule has 1 aromatic carbocycles. The molecule has 0 saturated heterocycles. The quantitative estimate of drug-likeness (QED) is 0.872. The van der Waals surface area contributed by atoms with Crippen LogP contribution in [-0.2, 0) is 5.41 Å². The number of anilines is 1. The van der Waals surface area contributed by atoms with Gasteiger partial charge in [-0.05, 0) is 17.5 Å². The third-order valence-corrected chi connectivity index (χ3v) is 2.67. The maximum atomic E-state index is 5.82. The summed E-state index contributed by atoms with van der Waals surface area (Å²) in [5, 5.41) is 0. The van der Waals surface area contributed by atoms with Gasteiger partial charge in [0.25, 0.3) is 0 Å². The molecule has 0 unspecified atom stereocenters. The second kappa shape index (κ2) is 4.69. The highest BCUT2D eigenvalue weighted by atomic mass is 16.5. The molecular weight excluding hydrogens is 224 g/mol. The molecular formula is C15H18N2O. The molecule has 0 atom stereocenters. The second-order valence-corrected chi connectivity index (χ2v) is 5.28. The van der Waals surface area contributed by atoms with Gasteiger partial charge in [-0.25, -0.2) is 4.98 Å². The zero-order valence-electron chi connectivity index (χ0n) is 11.0. The minimum atomic E-state index is 0.0321. The van der Waals surface area contributed by atoms with Crippen LogP contribution in [0.1, 0.15) is 26.3 Å². The fourth-order valence-electron chi connectivity index (χ4n) is 1.74. The summed E-state index contributed by atoms with van der Waals surface area (Å²) in [5.41, 5.74) is 7.42. The van der Waals surface area contributed by atoms with Gasteiger partial charge < -0.3 is 10.5 Å². The van der Waals surface area contributed by atoms with E-state index in [0.29, 0.717) is 11.6 Å². The zero-order valence-corrected chi connectivity index (χ0v) is 11.0. The number of ether oxygens (including phenoxy) is 1. The number of hydrogen-bond donors (Lipinski definition) is 1. The van der Waals surface area contributed by atoms with Crippen molar-refractivity contribution in [1.82, 2.24) is 4.98 Å². The molecule has 0 aliphatic rings. The maximum absolute atomic E-state index is 5.82. The Morgan fingerprint density at radius 2 is 1.78 bits per heavy atom. The molecule has 0 aliphatic carbocycles. The van der Waals surface area contributed by atoms with Gasteiger partial charge in [0.15, 0.2) is 0 Å². The van der Waals surface area contributed by atoms with Crippen molar-refractivity contribution in [2.45, 2.75) is 26.2 Å².